The number of aliphatic hydroxyl groups is 1. The number of hydrogen-bond donors (Lipinski definition) is 1. The molecule has 0 bridgehead atoms. The van der Waals surface area contributed by atoms with Crippen LogP contribution in [0.5, 0.6) is 0 Å². The highest BCUT2D eigenvalue weighted by Gasteiger charge is 2.18. The predicted molar refractivity (Wildman–Crippen MR) is 65.2 cm³/mol. The van der Waals surface area contributed by atoms with Crippen LogP contribution in [0.15, 0.2) is 18.2 Å². The van der Waals surface area contributed by atoms with E-state index in [4.69, 9.17) is 11.6 Å². The van der Waals surface area contributed by atoms with Gasteiger partial charge in [-0.1, -0.05) is 50.1 Å². The van der Waals surface area contributed by atoms with Crippen molar-refractivity contribution in [1.29, 1.82) is 0 Å². The van der Waals surface area contributed by atoms with Crippen LogP contribution >= 0.6 is 11.6 Å². The summed E-state index contributed by atoms with van der Waals surface area (Å²) in [6.07, 6.45) is 1.66. The Bertz CT molecular complexity index is 322. The van der Waals surface area contributed by atoms with Crippen molar-refractivity contribution >= 4 is 11.6 Å². The molecule has 0 aliphatic rings. The molecule has 0 saturated heterocycles. The zero-order chi connectivity index (χ0) is 11.4. The summed E-state index contributed by atoms with van der Waals surface area (Å²) in [5.74, 6) is 0.259. The quantitative estimate of drug-likeness (QED) is 0.819. The second-order valence-corrected chi connectivity index (χ2v) is 4.57. The number of aliphatic hydroxyl groups excluding tert-OH is 1. The molecule has 0 aliphatic carbocycles. The molecule has 15 heavy (non-hydrogen) atoms. The van der Waals surface area contributed by atoms with Crippen molar-refractivity contribution in [3.8, 4) is 0 Å². The Balaban J connectivity index is 2.90. The van der Waals surface area contributed by atoms with Gasteiger partial charge in [-0.25, -0.2) is 0 Å². The summed E-state index contributed by atoms with van der Waals surface area (Å²) in [7, 11) is 0. The average molecular weight is 227 g/mol. The molecule has 0 radical (unpaired) electrons. The van der Waals surface area contributed by atoms with E-state index < -0.39 is 6.10 Å². The van der Waals surface area contributed by atoms with Gasteiger partial charge in [0.05, 0.1) is 6.10 Å². The maximum absolute atomic E-state index is 10.1. The fraction of sp³-hybridized carbons (Fsp3) is 0.538. The molecule has 0 saturated carbocycles. The third kappa shape index (κ3) is 2.96. The van der Waals surface area contributed by atoms with E-state index in [0.29, 0.717) is 5.02 Å². The van der Waals surface area contributed by atoms with Gasteiger partial charge in [0.15, 0.2) is 0 Å². The maximum atomic E-state index is 10.1. The lowest BCUT2D eigenvalue weighted by molar-refractivity contribution is 0.112. The monoisotopic (exact) mass is 226 g/mol. The van der Waals surface area contributed by atoms with Crippen LogP contribution in [0.4, 0.5) is 0 Å². The minimum absolute atomic E-state index is 0.259. The van der Waals surface area contributed by atoms with Gasteiger partial charge in [0, 0.05) is 5.02 Å². The molecule has 2 atom stereocenters. The first-order valence-corrected chi connectivity index (χ1v) is 5.88. The summed E-state index contributed by atoms with van der Waals surface area (Å²) in [5, 5.41) is 10.8. The SMILES string of the molecule is CCCC(C)C(O)c1cccc(C)c1Cl. The molecule has 1 rings (SSSR count). The van der Waals surface area contributed by atoms with E-state index in [1.165, 1.54) is 0 Å². The summed E-state index contributed by atoms with van der Waals surface area (Å²) < 4.78 is 0. The van der Waals surface area contributed by atoms with Crippen LogP contribution in [0.1, 0.15) is 43.9 Å². The molecule has 0 heterocycles. The molecule has 0 aliphatic heterocycles. The largest absolute Gasteiger partial charge is 0.388 e. The van der Waals surface area contributed by atoms with E-state index in [2.05, 4.69) is 13.8 Å². The molecular formula is C13H19ClO. The molecule has 1 aromatic carbocycles. The predicted octanol–water partition coefficient (Wildman–Crippen LogP) is 4.12. The Hall–Kier alpha value is -0.530. The molecule has 1 nitrogen and oxygen atoms in total. The van der Waals surface area contributed by atoms with E-state index in [1.54, 1.807) is 0 Å². The minimum Gasteiger partial charge on any atom is -0.388 e. The molecule has 2 unspecified atom stereocenters. The van der Waals surface area contributed by atoms with Crippen LogP contribution in [0.3, 0.4) is 0 Å². The first-order chi connectivity index (χ1) is 7.07. The molecular weight excluding hydrogens is 208 g/mol. The lowest BCUT2D eigenvalue weighted by Gasteiger charge is -2.20. The van der Waals surface area contributed by atoms with E-state index in [9.17, 15) is 5.11 Å². The highest BCUT2D eigenvalue weighted by molar-refractivity contribution is 6.32. The van der Waals surface area contributed by atoms with Gasteiger partial charge >= 0.3 is 0 Å². The lowest BCUT2D eigenvalue weighted by Crippen LogP contribution is -2.09. The fourth-order valence-corrected chi connectivity index (χ4v) is 2.06. The zero-order valence-electron chi connectivity index (χ0n) is 9.63. The van der Waals surface area contributed by atoms with Crippen molar-refractivity contribution in [2.45, 2.75) is 39.7 Å². The number of halogens is 1. The van der Waals surface area contributed by atoms with Gasteiger partial charge in [-0.05, 0) is 30.4 Å². The van der Waals surface area contributed by atoms with E-state index in [1.807, 2.05) is 25.1 Å². The Labute approximate surface area is 97.1 Å². The van der Waals surface area contributed by atoms with E-state index in [-0.39, 0.29) is 5.92 Å². The number of aryl methyl sites for hydroxylation is 1. The van der Waals surface area contributed by atoms with Gasteiger partial charge in [0.25, 0.3) is 0 Å². The lowest BCUT2D eigenvalue weighted by atomic mass is 9.93. The third-order valence-electron chi connectivity index (χ3n) is 2.82. The summed E-state index contributed by atoms with van der Waals surface area (Å²) in [5.41, 5.74) is 1.88. The molecule has 0 amide bonds. The van der Waals surface area contributed by atoms with Gasteiger partial charge in [-0.15, -0.1) is 0 Å². The first kappa shape index (κ1) is 12.5. The Morgan fingerprint density at radius 3 is 2.67 bits per heavy atom. The van der Waals surface area contributed by atoms with Crippen LogP contribution in [0.2, 0.25) is 5.02 Å². The van der Waals surface area contributed by atoms with E-state index >= 15 is 0 Å². The van der Waals surface area contributed by atoms with Crippen molar-refractivity contribution in [2.75, 3.05) is 0 Å². The summed E-state index contributed by atoms with van der Waals surface area (Å²) >= 11 is 6.17. The van der Waals surface area contributed by atoms with Crippen LogP contribution in [-0.2, 0) is 0 Å². The number of hydrogen-bond acceptors (Lipinski definition) is 1. The zero-order valence-corrected chi connectivity index (χ0v) is 10.4. The topological polar surface area (TPSA) is 20.2 Å². The Morgan fingerprint density at radius 1 is 1.40 bits per heavy atom. The minimum atomic E-state index is -0.447. The van der Waals surface area contributed by atoms with E-state index in [0.717, 1.165) is 24.0 Å². The smallest absolute Gasteiger partial charge is 0.0830 e. The van der Waals surface area contributed by atoms with Crippen molar-refractivity contribution in [2.24, 2.45) is 5.92 Å². The second-order valence-electron chi connectivity index (χ2n) is 4.19. The fourth-order valence-electron chi connectivity index (χ4n) is 1.82. The van der Waals surface area contributed by atoms with Gasteiger partial charge in [0.1, 0.15) is 0 Å². The third-order valence-corrected chi connectivity index (χ3v) is 3.34. The average Bonchev–Trinajstić information content (AvgIpc) is 2.21. The highest BCUT2D eigenvalue weighted by Crippen LogP contribution is 2.32. The van der Waals surface area contributed by atoms with Gasteiger partial charge in [0.2, 0.25) is 0 Å². The van der Waals surface area contributed by atoms with Gasteiger partial charge in [-0.3, -0.25) is 0 Å². The molecule has 1 N–H and O–H groups in total. The second kappa shape index (κ2) is 5.53. The van der Waals surface area contributed by atoms with Crippen molar-refractivity contribution in [3.05, 3.63) is 34.3 Å². The van der Waals surface area contributed by atoms with Crippen molar-refractivity contribution in [3.63, 3.8) is 0 Å². The number of rotatable bonds is 4. The normalized spacial score (nSPS) is 15.0. The number of benzene rings is 1. The highest BCUT2D eigenvalue weighted by atomic mass is 35.5. The molecule has 0 aromatic heterocycles. The standard InChI is InChI=1S/C13H19ClO/c1-4-6-10(3)13(15)11-8-5-7-9(2)12(11)14/h5,7-8,10,13,15H,4,6H2,1-3H3. The first-order valence-electron chi connectivity index (χ1n) is 5.51. The summed E-state index contributed by atoms with van der Waals surface area (Å²) in [6.45, 7) is 6.15. The van der Waals surface area contributed by atoms with Gasteiger partial charge in [-0.2, -0.15) is 0 Å². The Kier molecular flexibility index (Phi) is 4.62. The van der Waals surface area contributed by atoms with Crippen LogP contribution in [-0.4, -0.2) is 5.11 Å². The molecule has 84 valence electrons. The summed E-state index contributed by atoms with van der Waals surface area (Å²) in [6, 6.07) is 5.81. The summed E-state index contributed by atoms with van der Waals surface area (Å²) in [4.78, 5) is 0. The van der Waals surface area contributed by atoms with Crippen LogP contribution in [0.25, 0.3) is 0 Å². The molecule has 2 heteroatoms. The van der Waals surface area contributed by atoms with Crippen LogP contribution in [0, 0.1) is 12.8 Å². The molecule has 0 fully saturated rings. The van der Waals surface area contributed by atoms with Crippen LogP contribution < -0.4 is 0 Å². The maximum Gasteiger partial charge on any atom is 0.0830 e. The molecule has 1 aromatic rings. The van der Waals surface area contributed by atoms with Crippen molar-refractivity contribution < 1.29 is 5.11 Å². The Morgan fingerprint density at radius 2 is 2.07 bits per heavy atom. The van der Waals surface area contributed by atoms with Gasteiger partial charge < -0.3 is 5.11 Å². The van der Waals surface area contributed by atoms with Crippen molar-refractivity contribution in [1.82, 2.24) is 0 Å². The molecule has 0 spiro atoms.